The molecule has 0 bridgehead atoms. The molecule has 0 rings (SSSR count). The van der Waals surface area contributed by atoms with Crippen LogP contribution in [0.4, 0.5) is 0 Å². The number of hydrogen-bond donors (Lipinski definition) is 2. The van der Waals surface area contributed by atoms with E-state index in [2.05, 4.69) is 79.9 Å². The molecule has 24 heavy (non-hydrogen) atoms. The fraction of sp³-hybridized carbons (Fsp3) is 1.00. The third kappa shape index (κ3) is 15.4. The van der Waals surface area contributed by atoms with Crippen LogP contribution in [0.15, 0.2) is 0 Å². The maximum absolute atomic E-state index is 3.74. The van der Waals surface area contributed by atoms with Crippen LogP contribution < -0.4 is 10.6 Å². The molecule has 0 aliphatic heterocycles. The van der Waals surface area contributed by atoms with Crippen LogP contribution in [-0.4, -0.2) is 24.2 Å². The molecule has 0 aliphatic rings. The first kappa shape index (κ1) is 23.9. The van der Waals surface area contributed by atoms with Gasteiger partial charge in [-0.15, -0.1) is 0 Å². The Hall–Kier alpha value is -0.0800. The molecule has 0 heterocycles. The van der Waals surface area contributed by atoms with Crippen molar-refractivity contribution in [1.29, 1.82) is 0 Å². The Labute approximate surface area is 154 Å². The lowest BCUT2D eigenvalue weighted by atomic mass is 9.81. The van der Waals surface area contributed by atoms with E-state index in [1.54, 1.807) is 0 Å². The lowest BCUT2D eigenvalue weighted by molar-refractivity contribution is 0.238. The van der Waals surface area contributed by atoms with Crippen LogP contribution in [0.2, 0.25) is 0 Å². The Bertz CT molecular complexity index is 295. The van der Waals surface area contributed by atoms with E-state index in [4.69, 9.17) is 0 Å². The van der Waals surface area contributed by atoms with Gasteiger partial charge in [0.15, 0.2) is 0 Å². The summed E-state index contributed by atoms with van der Waals surface area (Å²) < 4.78 is 0. The second kappa shape index (κ2) is 9.57. The van der Waals surface area contributed by atoms with E-state index in [0.717, 1.165) is 13.1 Å². The molecule has 0 radical (unpaired) electrons. The topological polar surface area (TPSA) is 24.1 Å². The fourth-order valence-electron chi connectivity index (χ4n) is 4.23. The van der Waals surface area contributed by atoms with Crippen LogP contribution >= 0.6 is 0 Å². The fourth-order valence-corrected chi connectivity index (χ4v) is 4.23. The van der Waals surface area contributed by atoms with Gasteiger partial charge in [0.2, 0.25) is 0 Å². The summed E-state index contributed by atoms with van der Waals surface area (Å²) >= 11 is 0. The minimum absolute atomic E-state index is 0.247. The standard InChI is InChI=1S/C22H48N2/c1-19(2,3)17-21(7,8)23-15-13-11-12-14-16-24-22(9,10)18-20(4,5)6/h23-24H,11-18H2,1-10H3. The van der Waals surface area contributed by atoms with E-state index in [-0.39, 0.29) is 11.1 Å². The third-order valence-electron chi connectivity index (χ3n) is 4.26. The lowest BCUT2D eigenvalue weighted by Crippen LogP contribution is -2.43. The van der Waals surface area contributed by atoms with Crippen LogP contribution in [0.3, 0.4) is 0 Å². The zero-order chi connectivity index (χ0) is 19.1. The SMILES string of the molecule is CC(C)(C)CC(C)(C)NCCCCCCNC(C)(C)CC(C)(C)C. The van der Waals surface area contributed by atoms with E-state index in [1.807, 2.05) is 0 Å². The van der Waals surface area contributed by atoms with Gasteiger partial charge in [-0.3, -0.25) is 0 Å². The number of hydrogen-bond acceptors (Lipinski definition) is 2. The van der Waals surface area contributed by atoms with Crippen molar-refractivity contribution in [3.05, 3.63) is 0 Å². The van der Waals surface area contributed by atoms with Gasteiger partial charge in [0.25, 0.3) is 0 Å². The van der Waals surface area contributed by atoms with Crippen LogP contribution in [0.5, 0.6) is 0 Å². The molecule has 0 amide bonds. The summed E-state index contributed by atoms with van der Waals surface area (Å²) in [5.74, 6) is 0. The molecule has 0 aromatic carbocycles. The smallest absolute Gasteiger partial charge is 0.0130 e. The molecule has 0 fully saturated rings. The highest BCUT2D eigenvalue weighted by atomic mass is 15.0. The van der Waals surface area contributed by atoms with Crippen molar-refractivity contribution in [2.45, 2.75) is 119 Å². The Morgan fingerprint density at radius 1 is 0.458 bits per heavy atom. The van der Waals surface area contributed by atoms with Crippen molar-refractivity contribution < 1.29 is 0 Å². The second-order valence-corrected chi connectivity index (χ2v) is 11.5. The van der Waals surface area contributed by atoms with Crippen molar-refractivity contribution >= 4 is 0 Å². The maximum atomic E-state index is 3.74. The van der Waals surface area contributed by atoms with Crippen molar-refractivity contribution in [2.24, 2.45) is 10.8 Å². The normalized spacial score (nSPS) is 14.2. The highest BCUT2D eigenvalue weighted by Gasteiger charge is 2.25. The molecule has 0 saturated carbocycles. The molecular weight excluding hydrogens is 292 g/mol. The molecule has 0 spiro atoms. The summed E-state index contributed by atoms with van der Waals surface area (Å²) in [5.41, 5.74) is 1.28. The zero-order valence-corrected chi connectivity index (χ0v) is 18.7. The first-order valence-electron chi connectivity index (χ1n) is 10.1. The maximum Gasteiger partial charge on any atom is 0.0130 e. The van der Waals surface area contributed by atoms with E-state index < -0.39 is 0 Å². The van der Waals surface area contributed by atoms with Crippen molar-refractivity contribution in [1.82, 2.24) is 10.6 Å². The van der Waals surface area contributed by atoms with E-state index in [1.165, 1.54) is 38.5 Å². The van der Waals surface area contributed by atoms with E-state index in [9.17, 15) is 0 Å². The number of unbranched alkanes of at least 4 members (excludes halogenated alkanes) is 3. The van der Waals surface area contributed by atoms with Crippen molar-refractivity contribution in [2.75, 3.05) is 13.1 Å². The van der Waals surface area contributed by atoms with Crippen molar-refractivity contribution in [3.63, 3.8) is 0 Å². The van der Waals surface area contributed by atoms with Gasteiger partial charge < -0.3 is 10.6 Å². The van der Waals surface area contributed by atoms with Crippen LogP contribution in [-0.2, 0) is 0 Å². The van der Waals surface area contributed by atoms with Crippen LogP contribution in [0.25, 0.3) is 0 Å². The summed E-state index contributed by atoms with van der Waals surface area (Å²) in [6, 6.07) is 0. The summed E-state index contributed by atoms with van der Waals surface area (Å²) in [4.78, 5) is 0. The first-order valence-corrected chi connectivity index (χ1v) is 10.1. The largest absolute Gasteiger partial charge is 0.312 e. The Kier molecular flexibility index (Phi) is 9.54. The minimum Gasteiger partial charge on any atom is -0.312 e. The molecule has 0 aromatic heterocycles. The van der Waals surface area contributed by atoms with Gasteiger partial charge in [-0.05, 0) is 77.3 Å². The van der Waals surface area contributed by atoms with Crippen LogP contribution in [0.1, 0.15) is 108 Å². The first-order chi connectivity index (χ1) is 10.6. The van der Waals surface area contributed by atoms with E-state index >= 15 is 0 Å². The Morgan fingerprint density at radius 2 is 0.750 bits per heavy atom. The van der Waals surface area contributed by atoms with Gasteiger partial charge in [0, 0.05) is 11.1 Å². The van der Waals surface area contributed by atoms with Gasteiger partial charge in [-0.25, -0.2) is 0 Å². The summed E-state index contributed by atoms with van der Waals surface area (Å²) in [6.45, 7) is 25.6. The summed E-state index contributed by atoms with van der Waals surface area (Å²) in [6.07, 6.45) is 7.68. The predicted octanol–water partition coefficient (Wildman–Crippen LogP) is 6.16. The van der Waals surface area contributed by atoms with Gasteiger partial charge in [0.05, 0.1) is 0 Å². The van der Waals surface area contributed by atoms with Gasteiger partial charge in [0.1, 0.15) is 0 Å². The molecule has 0 unspecified atom stereocenters. The molecule has 0 saturated heterocycles. The van der Waals surface area contributed by atoms with Gasteiger partial charge in [-0.1, -0.05) is 54.4 Å². The molecule has 0 atom stereocenters. The number of nitrogens with one attached hydrogen (secondary N) is 2. The molecule has 2 N–H and O–H groups in total. The number of rotatable bonds is 11. The van der Waals surface area contributed by atoms with E-state index in [0.29, 0.717) is 10.8 Å². The van der Waals surface area contributed by atoms with Gasteiger partial charge in [-0.2, -0.15) is 0 Å². The summed E-state index contributed by atoms with van der Waals surface area (Å²) in [5, 5.41) is 7.48. The third-order valence-corrected chi connectivity index (χ3v) is 4.26. The van der Waals surface area contributed by atoms with Gasteiger partial charge >= 0.3 is 0 Å². The zero-order valence-electron chi connectivity index (χ0n) is 18.7. The lowest BCUT2D eigenvalue weighted by Gasteiger charge is -2.34. The highest BCUT2D eigenvalue weighted by molar-refractivity contribution is 4.84. The molecular formula is C22H48N2. The monoisotopic (exact) mass is 340 g/mol. The molecule has 2 heteroatoms. The minimum atomic E-state index is 0.247. The highest BCUT2D eigenvalue weighted by Crippen LogP contribution is 2.27. The molecule has 146 valence electrons. The predicted molar refractivity (Wildman–Crippen MR) is 111 cm³/mol. The second-order valence-electron chi connectivity index (χ2n) is 11.5. The molecule has 2 nitrogen and oxygen atoms in total. The average molecular weight is 341 g/mol. The summed E-state index contributed by atoms with van der Waals surface area (Å²) in [7, 11) is 0. The Balaban J connectivity index is 3.71. The quantitative estimate of drug-likeness (QED) is 0.440. The van der Waals surface area contributed by atoms with Crippen molar-refractivity contribution in [3.8, 4) is 0 Å². The Morgan fingerprint density at radius 3 is 1.00 bits per heavy atom. The molecule has 0 aliphatic carbocycles. The average Bonchev–Trinajstić information content (AvgIpc) is 2.25. The van der Waals surface area contributed by atoms with Crippen LogP contribution in [0, 0.1) is 10.8 Å². The molecule has 0 aromatic rings.